The average Bonchev–Trinajstić information content (AvgIpc) is 3.33. The molecule has 0 aromatic heterocycles. The summed E-state index contributed by atoms with van der Waals surface area (Å²) in [5.41, 5.74) is -0.883. The minimum atomic E-state index is -2.08. The van der Waals surface area contributed by atoms with Gasteiger partial charge in [0.1, 0.15) is 34.5 Å². The zero-order valence-corrected chi connectivity index (χ0v) is 29.0. The molecule has 4 aliphatic rings. The van der Waals surface area contributed by atoms with Crippen molar-refractivity contribution in [1.82, 2.24) is 5.32 Å². The number of methoxy groups -OCH3 is 1. The summed E-state index contributed by atoms with van der Waals surface area (Å²) in [6.07, 6.45) is 7.51. The topological polar surface area (TPSA) is 195 Å². The fourth-order valence-corrected chi connectivity index (χ4v) is 5.46. The number of allylic oxidation sites excluding steroid dienone is 10. The Morgan fingerprint density at radius 1 is 0.880 bits per heavy atom. The van der Waals surface area contributed by atoms with Crippen molar-refractivity contribution in [3.8, 4) is 11.5 Å². The summed E-state index contributed by atoms with van der Waals surface area (Å²) in [7, 11) is 1.32. The van der Waals surface area contributed by atoms with Crippen LogP contribution in [0.25, 0.3) is 0 Å². The second kappa shape index (κ2) is 13.8. The van der Waals surface area contributed by atoms with E-state index in [-0.39, 0.29) is 56.4 Å². The van der Waals surface area contributed by atoms with Crippen LogP contribution in [0.5, 0.6) is 11.5 Å². The first kappa shape index (κ1) is 36.7. The van der Waals surface area contributed by atoms with Gasteiger partial charge < -0.3 is 39.6 Å². The van der Waals surface area contributed by atoms with Crippen molar-refractivity contribution in [3.05, 3.63) is 115 Å². The summed E-state index contributed by atoms with van der Waals surface area (Å²) in [6.45, 7) is 11.3. The first-order chi connectivity index (χ1) is 23.4. The molecule has 262 valence electrons. The van der Waals surface area contributed by atoms with E-state index in [4.69, 9.17) is 18.9 Å². The molecule has 0 fully saturated rings. The number of hydrogen-bond donors (Lipinski definition) is 4. The molecule has 1 aromatic carbocycles. The van der Waals surface area contributed by atoms with Crippen LogP contribution < -0.4 is 10.1 Å². The van der Waals surface area contributed by atoms with Crippen molar-refractivity contribution in [2.75, 3.05) is 7.11 Å². The van der Waals surface area contributed by atoms with Crippen LogP contribution in [-0.2, 0) is 23.8 Å². The molecule has 4 N–H and O–H groups in total. The highest BCUT2D eigenvalue weighted by Gasteiger charge is 2.51. The quantitative estimate of drug-likeness (QED) is 0.272. The lowest BCUT2D eigenvalue weighted by Gasteiger charge is -2.22. The Hall–Kier alpha value is -6.11. The Morgan fingerprint density at radius 2 is 1.54 bits per heavy atom. The second-order valence-corrected chi connectivity index (χ2v) is 11.9. The lowest BCUT2D eigenvalue weighted by Crippen LogP contribution is -2.38. The molecule has 1 unspecified atom stereocenters. The van der Waals surface area contributed by atoms with Gasteiger partial charge >= 0.3 is 11.8 Å². The van der Waals surface area contributed by atoms with Crippen LogP contribution >= 0.6 is 0 Å². The fourth-order valence-electron chi connectivity index (χ4n) is 5.46. The SMILES string of the molecule is COC1=C(C)C(OC(C)=O)=C(C)C(O)=C(C)C(O)=C(C)C=CC=C(C)C(=O)NC2=CC(=O)c3c(c(O)c(C)c4c3C(=O)C(C)(OC=C1)O4)C2=O. The Kier molecular flexibility index (Phi) is 10.1. The number of rotatable bonds is 2. The summed E-state index contributed by atoms with van der Waals surface area (Å²) in [4.78, 5) is 66.0. The zero-order chi connectivity index (χ0) is 37.4. The van der Waals surface area contributed by atoms with E-state index in [1.54, 1.807) is 6.92 Å². The van der Waals surface area contributed by atoms with Crippen LogP contribution in [0.3, 0.4) is 0 Å². The highest BCUT2D eigenvalue weighted by molar-refractivity contribution is 6.30. The normalized spacial score (nSPS) is 20.5. The van der Waals surface area contributed by atoms with E-state index in [0.29, 0.717) is 5.57 Å². The average molecular weight is 688 g/mol. The number of nitrogens with one attached hydrogen (secondary N) is 1. The molecule has 50 heavy (non-hydrogen) atoms. The first-order valence-electron chi connectivity index (χ1n) is 15.3. The van der Waals surface area contributed by atoms with Gasteiger partial charge in [0.05, 0.1) is 35.8 Å². The van der Waals surface area contributed by atoms with Gasteiger partial charge in [0.25, 0.3) is 11.7 Å². The summed E-state index contributed by atoms with van der Waals surface area (Å²) in [5.74, 6) is -7.64. The molecule has 3 aliphatic heterocycles. The van der Waals surface area contributed by atoms with Crippen molar-refractivity contribution in [1.29, 1.82) is 0 Å². The second-order valence-electron chi connectivity index (χ2n) is 11.9. The van der Waals surface area contributed by atoms with E-state index in [0.717, 1.165) is 19.3 Å². The zero-order valence-electron chi connectivity index (χ0n) is 29.0. The minimum absolute atomic E-state index is 0.0151. The number of amides is 1. The number of hydrogen-bond acceptors (Lipinski definition) is 12. The van der Waals surface area contributed by atoms with Gasteiger partial charge in [-0.2, -0.15) is 0 Å². The minimum Gasteiger partial charge on any atom is -0.507 e. The molecule has 1 aromatic rings. The number of carbonyl (C=O) groups is 5. The largest absolute Gasteiger partial charge is 0.507 e. The fraction of sp³-hybridized carbons (Fsp3) is 0.270. The molecule has 0 spiro atoms. The molecule has 0 saturated heterocycles. The van der Waals surface area contributed by atoms with Crippen LogP contribution in [0.2, 0.25) is 0 Å². The Labute approximate surface area is 287 Å². The number of phenolic OH excluding ortho intramolecular Hbond substituents is 1. The van der Waals surface area contributed by atoms with Gasteiger partial charge in [0.15, 0.2) is 5.78 Å². The maximum absolute atomic E-state index is 13.8. The lowest BCUT2D eigenvalue weighted by molar-refractivity contribution is -0.136. The van der Waals surface area contributed by atoms with Crippen LogP contribution in [0.15, 0.2) is 93.2 Å². The number of aliphatic hydroxyl groups excluding tert-OH is 2. The predicted octanol–water partition coefficient (Wildman–Crippen LogP) is 5.84. The van der Waals surface area contributed by atoms with Gasteiger partial charge in [-0.25, -0.2) is 0 Å². The summed E-state index contributed by atoms with van der Waals surface area (Å²) < 4.78 is 22.6. The molecule has 13 heteroatoms. The summed E-state index contributed by atoms with van der Waals surface area (Å²) in [5, 5.41) is 35.6. The van der Waals surface area contributed by atoms with Crippen molar-refractivity contribution in [3.63, 3.8) is 0 Å². The van der Waals surface area contributed by atoms with Gasteiger partial charge in [-0.05, 0) is 47.1 Å². The van der Waals surface area contributed by atoms with Crippen LogP contribution in [0.4, 0.5) is 0 Å². The molecule has 5 bridgehead atoms. The van der Waals surface area contributed by atoms with E-state index >= 15 is 0 Å². The summed E-state index contributed by atoms with van der Waals surface area (Å²) in [6, 6.07) is 0. The number of Topliss-reactive ketones (excluding diaryl/α,β-unsaturated/α-hetero) is 2. The van der Waals surface area contributed by atoms with Crippen molar-refractivity contribution in [2.24, 2.45) is 0 Å². The van der Waals surface area contributed by atoms with Crippen molar-refractivity contribution in [2.45, 2.75) is 61.2 Å². The first-order valence-corrected chi connectivity index (χ1v) is 15.3. The molecular formula is C37H37NO12. The number of ketones is 3. The van der Waals surface area contributed by atoms with E-state index in [1.807, 2.05) is 0 Å². The highest BCUT2D eigenvalue weighted by Crippen LogP contribution is 2.47. The number of esters is 1. The molecule has 3 heterocycles. The number of aliphatic hydroxyl groups is 2. The number of phenols is 1. The smallest absolute Gasteiger partial charge is 0.312 e. The summed E-state index contributed by atoms with van der Waals surface area (Å²) >= 11 is 0. The molecule has 13 nitrogen and oxygen atoms in total. The van der Waals surface area contributed by atoms with Crippen molar-refractivity contribution < 1.29 is 58.2 Å². The number of benzene rings is 1. The Balaban J connectivity index is 1.98. The predicted molar refractivity (Wildman–Crippen MR) is 179 cm³/mol. The van der Waals surface area contributed by atoms with Crippen molar-refractivity contribution >= 4 is 29.2 Å². The van der Waals surface area contributed by atoms with Gasteiger partial charge in [-0.3, -0.25) is 24.0 Å². The number of ether oxygens (including phenoxy) is 4. The maximum atomic E-state index is 13.8. The molecule has 1 aliphatic carbocycles. The third kappa shape index (κ3) is 6.49. The molecule has 5 rings (SSSR count). The lowest BCUT2D eigenvalue weighted by atomic mass is 9.84. The van der Waals surface area contributed by atoms with E-state index in [9.17, 15) is 39.3 Å². The monoisotopic (exact) mass is 687 g/mol. The number of aromatic hydroxyl groups is 1. The number of fused-ring (bicyclic) bond motifs is 10. The van der Waals surface area contributed by atoms with E-state index < -0.39 is 63.3 Å². The Morgan fingerprint density at radius 3 is 2.16 bits per heavy atom. The van der Waals surface area contributed by atoms with Gasteiger partial charge in [-0.15, -0.1) is 0 Å². The molecule has 1 atom stereocenters. The standard InChI is InChI=1S/C37H37NO12/c1-16-11-10-12-17(2)36(46)38-23-15-24(40)26-27(32(23)44)31(43)21(6)34-28(26)35(45)37(8,50-34)48-14-13-25(47-9)18(3)33(49-22(7)39)20(5)30(42)19(4)29(16)41/h10-15,41-43H,1-9H3,(H,38,46). The van der Waals surface area contributed by atoms with Crippen LogP contribution in [0, 0.1) is 6.92 Å². The van der Waals surface area contributed by atoms with Crippen LogP contribution in [-0.4, -0.2) is 57.4 Å². The van der Waals surface area contributed by atoms with Gasteiger partial charge in [0.2, 0.25) is 5.78 Å². The third-order valence-corrected chi connectivity index (χ3v) is 8.36. The van der Waals surface area contributed by atoms with E-state index in [2.05, 4.69) is 5.32 Å². The maximum Gasteiger partial charge on any atom is 0.312 e. The van der Waals surface area contributed by atoms with Gasteiger partial charge in [-0.1, -0.05) is 18.2 Å². The third-order valence-electron chi connectivity index (χ3n) is 8.36. The Bertz CT molecular complexity index is 2030. The van der Waals surface area contributed by atoms with E-state index in [1.165, 1.54) is 73.0 Å². The molecule has 0 radical (unpaired) electrons. The highest BCUT2D eigenvalue weighted by atomic mass is 16.7. The molecular weight excluding hydrogens is 650 g/mol. The van der Waals surface area contributed by atoms with Crippen LogP contribution in [0.1, 0.15) is 85.1 Å². The van der Waals surface area contributed by atoms with Gasteiger partial charge in [0, 0.05) is 53.9 Å². The molecule has 0 saturated carbocycles. The molecule has 1 amide bonds. The number of carbonyl (C=O) groups excluding carboxylic acids is 5.